The van der Waals surface area contributed by atoms with Crippen molar-refractivity contribution < 1.29 is 14.7 Å². The second-order valence-electron chi connectivity index (χ2n) is 5.64. The summed E-state index contributed by atoms with van der Waals surface area (Å²) >= 11 is 0. The number of aromatic carboxylic acids is 1. The highest BCUT2D eigenvalue weighted by Crippen LogP contribution is 2.17. The third kappa shape index (κ3) is 3.75. The minimum Gasteiger partial charge on any atom is -0.476 e. The normalized spacial score (nSPS) is 14.0. The quantitative estimate of drug-likeness (QED) is 0.850. The molecule has 0 unspecified atom stereocenters. The van der Waals surface area contributed by atoms with E-state index in [0.29, 0.717) is 6.54 Å². The van der Waals surface area contributed by atoms with Crippen LogP contribution in [0.1, 0.15) is 32.1 Å². The molecule has 24 heavy (non-hydrogen) atoms. The highest BCUT2D eigenvalue weighted by atomic mass is 16.4. The van der Waals surface area contributed by atoms with E-state index >= 15 is 0 Å². The lowest BCUT2D eigenvalue weighted by molar-refractivity contribution is 0.0689. The minimum atomic E-state index is -1.17. The average Bonchev–Trinajstić information content (AvgIpc) is 2.61. The number of carbonyl (C=O) groups is 2. The van der Waals surface area contributed by atoms with Crippen LogP contribution in [0.25, 0.3) is 0 Å². The lowest BCUT2D eigenvalue weighted by Crippen LogP contribution is -2.38. The first-order chi connectivity index (χ1) is 11.6. The monoisotopic (exact) mass is 326 g/mol. The predicted molar refractivity (Wildman–Crippen MR) is 86.7 cm³/mol. The van der Waals surface area contributed by atoms with Crippen LogP contribution in [0.15, 0.2) is 36.7 Å². The fraction of sp³-hybridized carbons (Fsp3) is 0.294. The molecule has 2 heterocycles. The van der Waals surface area contributed by atoms with Gasteiger partial charge in [0.15, 0.2) is 5.69 Å². The molecule has 7 nitrogen and oxygen atoms in total. The molecule has 124 valence electrons. The zero-order valence-electron chi connectivity index (χ0n) is 13.1. The Balaban J connectivity index is 1.48. The number of nitrogens with one attached hydrogen (secondary N) is 1. The van der Waals surface area contributed by atoms with Crippen LogP contribution >= 0.6 is 0 Å². The Morgan fingerprint density at radius 2 is 1.83 bits per heavy atom. The van der Waals surface area contributed by atoms with Gasteiger partial charge in [0.1, 0.15) is 5.69 Å². The summed E-state index contributed by atoms with van der Waals surface area (Å²) in [7, 11) is 0. The first-order valence-corrected chi connectivity index (χ1v) is 7.76. The number of carboxylic acid groups (broad SMARTS) is 1. The molecule has 1 aliphatic rings. The van der Waals surface area contributed by atoms with Gasteiger partial charge in [0.25, 0.3) is 5.91 Å². The largest absolute Gasteiger partial charge is 0.476 e. The van der Waals surface area contributed by atoms with E-state index in [0.717, 1.165) is 32.3 Å². The third-order valence-corrected chi connectivity index (χ3v) is 4.03. The van der Waals surface area contributed by atoms with Crippen molar-refractivity contribution >= 4 is 11.9 Å². The summed E-state index contributed by atoms with van der Waals surface area (Å²) in [5.41, 5.74) is 2.67. The van der Waals surface area contributed by atoms with Crippen molar-refractivity contribution in [1.82, 2.24) is 20.2 Å². The van der Waals surface area contributed by atoms with Gasteiger partial charge in [0.2, 0.25) is 0 Å². The standard InChI is InChI=1S/C17H18N4O3/c22-16(14-9-20-15(10-19-14)17(23)24)18-6-8-21-7-5-12-3-1-2-4-13(12)11-21/h1-4,9-10H,5-8,11H2,(H,18,22)(H,23,24). The molecule has 0 aliphatic carbocycles. The topological polar surface area (TPSA) is 95.4 Å². The lowest BCUT2D eigenvalue weighted by Gasteiger charge is -2.28. The van der Waals surface area contributed by atoms with Gasteiger partial charge in [-0.05, 0) is 17.5 Å². The van der Waals surface area contributed by atoms with Crippen LogP contribution in [0.2, 0.25) is 0 Å². The molecular formula is C17H18N4O3. The van der Waals surface area contributed by atoms with Gasteiger partial charge in [-0.3, -0.25) is 9.69 Å². The van der Waals surface area contributed by atoms with Crippen LogP contribution in [0.4, 0.5) is 0 Å². The minimum absolute atomic E-state index is 0.115. The Hall–Kier alpha value is -2.80. The first kappa shape index (κ1) is 16.1. The molecule has 0 spiro atoms. The molecule has 0 saturated heterocycles. The van der Waals surface area contributed by atoms with Gasteiger partial charge < -0.3 is 10.4 Å². The van der Waals surface area contributed by atoms with Crippen LogP contribution in [0, 0.1) is 0 Å². The number of carbonyl (C=O) groups excluding carboxylic acids is 1. The summed E-state index contributed by atoms with van der Waals surface area (Å²) in [4.78, 5) is 32.5. The Kier molecular flexibility index (Phi) is 4.81. The summed E-state index contributed by atoms with van der Waals surface area (Å²) in [6, 6.07) is 8.41. The molecule has 0 saturated carbocycles. The molecule has 0 atom stereocenters. The third-order valence-electron chi connectivity index (χ3n) is 4.03. The molecule has 1 aromatic carbocycles. The van der Waals surface area contributed by atoms with Crippen molar-refractivity contribution in [3.05, 3.63) is 59.2 Å². The van der Waals surface area contributed by atoms with Crippen molar-refractivity contribution in [2.45, 2.75) is 13.0 Å². The molecule has 7 heteroatoms. The predicted octanol–water partition coefficient (Wildman–Crippen LogP) is 0.963. The van der Waals surface area contributed by atoms with E-state index in [-0.39, 0.29) is 17.3 Å². The number of hydrogen-bond donors (Lipinski definition) is 2. The van der Waals surface area contributed by atoms with Crippen molar-refractivity contribution in [2.24, 2.45) is 0 Å². The number of aromatic nitrogens is 2. The van der Waals surface area contributed by atoms with Crippen LogP contribution in [-0.4, -0.2) is 51.5 Å². The van der Waals surface area contributed by atoms with Gasteiger partial charge in [0.05, 0.1) is 12.4 Å². The molecule has 0 bridgehead atoms. The van der Waals surface area contributed by atoms with Gasteiger partial charge in [-0.15, -0.1) is 0 Å². The molecule has 0 radical (unpaired) electrons. The van der Waals surface area contributed by atoms with Gasteiger partial charge in [-0.1, -0.05) is 24.3 Å². The Bertz CT molecular complexity index is 746. The molecule has 3 rings (SSSR count). The van der Waals surface area contributed by atoms with Crippen LogP contribution in [0.3, 0.4) is 0 Å². The van der Waals surface area contributed by atoms with Crippen molar-refractivity contribution in [3.63, 3.8) is 0 Å². The van der Waals surface area contributed by atoms with Gasteiger partial charge in [-0.2, -0.15) is 0 Å². The van der Waals surface area contributed by atoms with Gasteiger partial charge in [0, 0.05) is 26.2 Å². The Labute approximate surface area is 139 Å². The number of benzene rings is 1. The van der Waals surface area contributed by atoms with E-state index in [2.05, 4.69) is 38.4 Å². The highest BCUT2D eigenvalue weighted by Gasteiger charge is 2.16. The zero-order valence-corrected chi connectivity index (χ0v) is 13.1. The van der Waals surface area contributed by atoms with Crippen molar-refractivity contribution in [3.8, 4) is 0 Å². The maximum absolute atomic E-state index is 12.0. The second-order valence-corrected chi connectivity index (χ2v) is 5.64. The number of carboxylic acids is 1. The van der Waals surface area contributed by atoms with Gasteiger partial charge >= 0.3 is 5.97 Å². The van der Waals surface area contributed by atoms with E-state index in [9.17, 15) is 9.59 Å². The van der Waals surface area contributed by atoms with Crippen LogP contribution < -0.4 is 5.32 Å². The number of fused-ring (bicyclic) bond motifs is 1. The maximum atomic E-state index is 12.0. The number of nitrogens with zero attached hydrogens (tertiary/aromatic N) is 3. The molecule has 1 aromatic heterocycles. The van der Waals surface area contributed by atoms with E-state index in [1.54, 1.807) is 0 Å². The molecule has 1 aliphatic heterocycles. The van der Waals surface area contributed by atoms with E-state index in [4.69, 9.17) is 5.11 Å². The fourth-order valence-electron chi connectivity index (χ4n) is 2.72. The number of rotatable bonds is 5. The molecular weight excluding hydrogens is 308 g/mol. The van der Waals surface area contributed by atoms with Crippen LogP contribution in [0.5, 0.6) is 0 Å². The van der Waals surface area contributed by atoms with Crippen molar-refractivity contribution in [2.75, 3.05) is 19.6 Å². The highest BCUT2D eigenvalue weighted by molar-refractivity contribution is 5.92. The van der Waals surface area contributed by atoms with Gasteiger partial charge in [-0.25, -0.2) is 14.8 Å². The molecule has 2 N–H and O–H groups in total. The van der Waals surface area contributed by atoms with E-state index < -0.39 is 5.97 Å². The summed E-state index contributed by atoms with van der Waals surface area (Å²) in [6.07, 6.45) is 3.28. The Morgan fingerprint density at radius 3 is 2.54 bits per heavy atom. The summed E-state index contributed by atoms with van der Waals surface area (Å²) < 4.78 is 0. The number of amides is 1. The molecule has 0 fully saturated rings. The molecule has 2 aromatic rings. The Morgan fingerprint density at radius 1 is 1.12 bits per heavy atom. The maximum Gasteiger partial charge on any atom is 0.356 e. The average molecular weight is 326 g/mol. The summed E-state index contributed by atoms with van der Waals surface area (Å²) in [5.74, 6) is -1.52. The smallest absolute Gasteiger partial charge is 0.356 e. The van der Waals surface area contributed by atoms with Crippen LogP contribution in [-0.2, 0) is 13.0 Å². The lowest BCUT2D eigenvalue weighted by atomic mass is 10.00. The second kappa shape index (κ2) is 7.18. The van der Waals surface area contributed by atoms with E-state index in [1.165, 1.54) is 17.3 Å². The first-order valence-electron chi connectivity index (χ1n) is 7.76. The molecule has 1 amide bonds. The van der Waals surface area contributed by atoms with Crippen molar-refractivity contribution in [1.29, 1.82) is 0 Å². The van der Waals surface area contributed by atoms with E-state index in [1.807, 2.05) is 6.07 Å². The number of hydrogen-bond acceptors (Lipinski definition) is 5. The summed E-state index contributed by atoms with van der Waals surface area (Å²) in [6.45, 7) is 3.11. The summed E-state index contributed by atoms with van der Waals surface area (Å²) in [5, 5.41) is 11.5. The zero-order chi connectivity index (χ0) is 16.9. The SMILES string of the molecule is O=C(O)c1cnc(C(=O)NCCN2CCc3ccccc3C2)cn1. The fourth-order valence-corrected chi connectivity index (χ4v) is 2.72.